The topological polar surface area (TPSA) is 35.2 Å². The summed E-state index contributed by atoms with van der Waals surface area (Å²) in [6.45, 7) is 8.54. The summed E-state index contributed by atoms with van der Waals surface area (Å²) in [6.07, 6.45) is 1.31. The Labute approximate surface area is 117 Å². The molecule has 1 rings (SSSR count). The molecule has 0 saturated carbocycles. The Bertz CT molecular complexity index is 338. The molecule has 0 aliphatic heterocycles. The first kappa shape index (κ1) is 15.2. The molecule has 0 fully saturated rings. The minimum Gasteiger partial charge on any atom is -0.368 e. The second-order valence-electron chi connectivity index (χ2n) is 5.02. The summed E-state index contributed by atoms with van der Waals surface area (Å²) >= 11 is 5.17. The van der Waals surface area contributed by atoms with Gasteiger partial charge in [-0.15, -0.1) is 11.3 Å². The number of thiophene rings is 1. The third-order valence-electron chi connectivity index (χ3n) is 2.53. The maximum atomic E-state index is 6.09. The first-order valence-electron chi connectivity index (χ1n) is 6.05. The third-order valence-corrected chi connectivity index (χ3v) is 4.28. The third kappa shape index (κ3) is 5.08. The Morgan fingerprint density at radius 1 is 1.35 bits per heavy atom. The van der Waals surface area contributed by atoms with Crippen molar-refractivity contribution >= 4 is 27.3 Å². The van der Waals surface area contributed by atoms with E-state index in [1.165, 1.54) is 4.88 Å². The average molecular weight is 320 g/mol. The molecule has 4 heteroatoms. The molecule has 1 heterocycles. The van der Waals surface area contributed by atoms with E-state index >= 15 is 0 Å². The molecular weight excluding hydrogens is 298 g/mol. The quantitative estimate of drug-likeness (QED) is 0.846. The molecule has 1 aromatic rings. The number of rotatable bonds is 6. The maximum Gasteiger partial charge on any atom is 0.107 e. The van der Waals surface area contributed by atoms with Gasteiger partial charge in [0, 0.05) is 20.8 Å². The molecule has 2 N–H and O–H groups in total. The molecule has 2 nitrogen and oxygen atoms in total. The van der Waals surface area contributed by atoms with Crippen LogP contribution in [0.5, 0.6) is 0 Å². The van der Waals surface area contributed by atoms with E-state index in [1.54, 1.807) is 11.3 Å². The number of nitrogens with two attached hydrogens (primary N) is 1. The van der Waals surface area contributed by atoms with Gasteiger partial charge in [-0.05, 0) is 48.2 Å². The Morgan fingerprint density at radius 3 is 2.41 bits per heavy atom. The molecule has 0 saturated heterocycles. The van der Waals surface area contributed by atoms with Gasteiger partial charge in [-0.3, -0.25) is 0 Å². The van der Waals surface area contributed by atoms with Gasteiger partial charge in [0.15, 0.2) is 0 Å². The summed E-state index contributed by atoms with van der Waals surface area (Å²) in [4.78, 5) is 1.20. The fourth-order valence-electron chi connectivity index (χ4n) is 1.90. The van der Waals surface area contributed by atoms with Crippen molar-refractivity contribution in [1.29, 1.82) is 0 Å². The van der Waals surface area contributed by atoms with Crippen LogP contribution >= 0.6 is 27.3 Å². The molecule has 0 spiro atoms. The summed E-state index contributed by atoms with van der Waals surface area (Å²) in [5.41, 5.74) is 6.02. The highest BCUT2D eigenvalue weighted by Crippen LogP contribution is 2.31. The van der Waals surface area contributed by atoms with Crippen LogP contribution in [0.25, 0.3) is 0 Å². The molecule has 0 amide bonds. The molecule has 98 valence electrons. The standard InChI is InChI=1S/C13H22BrNOS/c1-8(2)5-9(3)16-13(10(4)15)12-6-11(14)7-17-12/h6-10,13H,5,15H2,1-4H3. The molecule has 3 unspecified atom stereocenters. The van der Waals surface area contributed by atoms with Gasteiger partial charge in [0.05, 0.1) is 6.10 Å². The van der Waals surface area contributed by atoms with Crippen molar-refractivity contribution in [2.45, 2.75) is 52.4 Å². The minimum absolute atomic E-state index is 0.0000463. The van der Waals surface area contributed by atoms with E-state index in [0.717, 1.165) is 10.9 Å². The Kier molecular flexibility index (Phi) is 6.13. The summed E-state index contributed by atoms with van der Waals surface area (Å²) in [5, 5.41) is 2.07. The van der Waals surface area contributed by atoms with Crippen LogP contribution < -0.4 is 5.73 Å². The van der Waals surface area contributed by atoms with E-state index in [0.29, 0.717) is 5.92 Å². The lowest BCUT2D eigenvalue weighted by atomic mass is 10.1. The monoisotopic (exact) mass is 319 g/mol. The largest absolute Gasteiger partial charge is 0.368 e. The van der Waals surface area contributed by atoms with E-state index in [2.05, 4.69) is 48.1 Å². The van der Waals surface area contributed by atoms with Crippen LogP contribution in [0.2, 0.25) is 0 Å². The lowest BCUT2D eigenvalue weighted by Gasteiger charge is -2.25. The lowest BCUT2D eigenvalue weighted by molar-refractivity contribution is -0.0218. The van der Waals surface area contributed by atoms with E-state index in [1.807, 2.05) is 6.92 Å². The van der Waals surface area contributed by atoms with Crippen molar-refractivity contribution in [3.05, 3.63) is 20.8 Å². The number of halogens is 1. The fourth-order valence-corrected chi connectivity index (χ4v) is 3.49. The van der Waals surface area contributed by atoms with Gasteiger partial charge in [0.25, 0.3) is 0 Å². The van der Waals surface area contributed by atoms with Gasteiger partial charge >= 0.3 is 0 Å². The zero-order valence-electron chi connectivity index (χ0n) is 10.9. The van der Waals surface area contributed by atoms with E-state index < -0.39 is 0 Å². The summed E-state index contributed by atoms with van der Waals surface area (Å²) in [7, 11) is 0. The van der Waals surface area contributed by atoms with Crippen molar-refractivity contribution in [1.82, 2.24) is 0 Å². The Morgan fingerprint density at radius 2 is 2.00 bits per heavy atom. The second kappa shape index (κ2) is 6.88. The van der Waals surface area contributed by atoms with Crippen LogP contribution in [0.4, 0.5) is 0 Å². The number of hydrogen-bond acceptors (Lipinski definition) is 3. The molecule has 3 atom stereocenters. The van der Waals surface area contributed by atoms with E-state index in [-0.39, 0.29) is 18.2 Å². The molecule has 1 aromatic heterocycles. The van der Waals surface area contributed by atoms with Crippen LogP contribution in [0.3, 0.4) is 0 Å². The molecule has 0 aromatic carbocycles. The van der Waals surface area contributed by atoms with Gasteiger partial charge in [-0.1, -0.05) is 13.8 Å². The van der Waals surface area contributed by atoms with Crippen LogP contribution in [0.1, 0.15) is 45.1 Å². The summed E-state index contributed by atoms with van der Waals surface area (Å²) < 4.78 is 7.19. The smallest absolute Gasteiger partial charge is 0.107 e. The van der Waals surface area contributed by atoms with Crippen LogP contribution in [0.15, 0.2) is 15.9 Å². The van der Waals surface area contributed by atoms with Crippen LogP contribution in [-0.4, -0.2) is 12.1 Å². The normalized spacial score (nSPS) is 17.1. The molecule has 0 radical (unpaired) electrons. The van der Waals surface area contributed by atoms with E-state index in [4.69, 9.17) is 10.5 Å². The Hall–Kier alpha value is 0.1000. The average Bonchev–Trinajstić information content (AvgIpc) is 2.59. The van der Waals surface area contributed by atoms with Crippen molar-refractivity contribution in [2.24, 2.45) is 11.7 Å². The van der Waals surface area contributed by atoms with Gasteiger partial charge < -0.3 is 10.5 Å². The van der Waals surface area contributed by atoms with Gasteiger partial charge in [0.1, 0.15) is 6.10 Å². The minimum atomic E-state index is 0.0000463. The zero-order chi connectivity index (χ0) is 13.0. The van der Waals surface area contributed by atoms with Crippen molar-refractivity contribution in [3.8, 4) is 0 Å². The summed E-state index contributed by atoms with van der Waals surface area (Å²) in [5.74, 6) is 0.647. The highest BCUT2D eigenvalue weighted by molar-refractivity contribution is 9.10. The SMILES string of the molecule is CC(C)CC(C)OC(c1cc(Br)cs1)C(C)N. The highest BCUT2D eigenvalue weighted by atomic mass is 79.9. The van der Waals surface area contributed by atoms with E-state index in [9.17, 15) is 0 Å². The van der Waals surface area contributed by atoms with Gasteiger partial charge in [-0.25, -0.2) is 0 Å². The van der Waals surface area contributed by atoms with Crippen molar-refractivity contribution < 1.29 is 4.74 Å². The fraction of sp³-hybridized carbons (Fsp3) is 0.692. The zero-order valence-corrected chi connectivity index (χ0v) is 13.3. The number of ether oxygens (including phenoxy) is 1. The summed E-state index contributed by atoms with van der Waals surface area (Å²) in [6, 6.07) is 2.11. The van der Waals surface area contributed by atoms with Gasteiger partial charge in [-0.2, -0.15) is 0 Å². The molecule has 0 bridgehead atoms. The number of hydrogen-bond donors (Lipinski definition) is 1. The predicted octanol–water partition coefficient (Wildman–Crippen LogP) is 4.35. The molecule has 17 heavy (non-hydrogen) atoms. The van der Waals surface area contributed by atoms with Crippen molar-refractivity contribution in [2.75, 3.05) is 0 Å². The molecular formula is C13H22BrNOS. The van der Waals surface area contributed by atoms with Crippen LogP contribution in [-0.2, 0) is 4.74 Å². The van der Waals surface area contributed by atoms with Crippen molar-refractivity contribution in [3.63, 3.8) is 0 Å². The van der Waals surface area contributed by atoms with Crippen LogP contribution in [0, 0.1) is 5.92 Å². The molecule has 0 aliphatic carbocycles. The first-order chi connectivity index (χ1) is 7.90. The first-order valence-corrected chi connectivity index (χ1v) is 7.72. The Balaban J connectivity index is 2.67. The highest BCUT2D eigenvalue weighted by Gasteiger charge is 2.21. The predicted molar refractivity (Wildman–Crippen MR) is 78.4 cm³/mol. The van der Waals surface area contributed by atoms with Gasteiger partial charge in [0.2, 0.25) is 0 Å². The lowest BCUT2D eigenvalue weighted by Crippen LogP contribution is -2.29. The second-order valence-corrected chi connectivity index (χ2v) is 6.88. The maximum absolute atomic E-state index is 6.09. The molecule has 0 aliphatic rings.